The van der Waals surface area contributed by atoms with Crippen LogP contribution in [-0.2, 0) is 4.74 Å². The average Bonchev–Trinajstić information content (AvgIpc) is 2.75. The molecule has 0 unspecified atom stereocenters. The number of nitrogens with one attached hydrogen (secondary N) is 2. The van der Waals surface area contributed by atoms with Crippen molar-refractivity contribution in [3.63, 3.8) is 0 Å². The van der Waals surface area contributed by atoms with Gasteiger partial charge in [-0.25, -0.2) is 4.98 Å². The lowest BCUT2D eigenvalue weighted by Gasteiger charge is -2.26. The molecule has 1 saturated heterocycles. The predicted octanol–water partition coefficient (Wildman–Crippen LogP) is 3.04. The molecule has 2 aromatic carbocycles. The first kappa shape index (κ1) is 18.4. The van der Waals surface area contributed by atoms with Gasteiger partial charge in [0.1, 0.15) is 5.82 Å². The molecule has 0 spiro atoms. The van der Waals surface area contributed by atoms with Gasteiger partial charge in [0, 0.05) is 49.0 Å². The van der Waals surface area contributed by atoms with Gasteiger partial charge in [0.25, 0.3) is 5.91 Å². The molecule has 6 heteroatoms. The number of morpholine rings is 1. The zero-order valence-electron chi connectivity index (χ0n) is 15.7. The number of rotatable bonds is 6. The van der Waals surface area contributed by atoms with Crippen LogP contribution in [-0.4, -0.2) is 55.2 Å². The van der Waals surface area contributed by atoms with Crippen LogP contribution in [0.25, 0.3) is 10.8 Å². The molecule has 1 aliphatic rings. The summed E-state index contributed by atoms with van der Waals surface area (Å²) in [5.74, 6) is 0.714. The van der Waals surface area contributed by atoms with Crippen LogP contribution in [0, 0.1) is 0 Å². The van der Waals surface area contributed by atoms with E-state index in [4.69, 9.17) is 4.74 Å². The van der Waals surface area contributed by atoms with E-state index in [1.807, 2.05) is 48.5 Å². The second kappa shape index (κ2) is 8.82. The Balaban J connectivity index is 1.40. The van der Waals surface area contributed by atoms with Gasteiger partial charge < -0.3 is 15.4 Å². The normalized spacial score (nSPS) is 14.7. The molecule has 0 aliphatic carbocycles. The number of ether oxygens (including phenoxy) is 1. The number of amides is 1. The molecule has 144 valence electrons. The predicted molar refractivity (Wildman–Crippen MR) is 111 cm³/mol. The third-order valence-electron chi connectivity index (χ3n) is 4.88. The van der Waals surface area contributed by atoms with Crippen LogP contribution >= 0.6 is 0 Å². The minimum absolute atomic E-state index is 0.0669. The lowest BCUT2D eigenvalue weighted by molar-refractivity contribution is 0.0383. The highest BCUT2D eigenvalue weighted by atomic mass is 16.5. The first-order chi connectivity index (χ1) is 13.8. The maximum absolute atomic E-state index is 12.5. The molecular weight excluding hydrogens is 352 g/mol. The summed E-state index contributed by atoms with van der Waals surface area (Å²) in [5.41, 5.74) is 1.47. The molecule has 1 aromatic heterocycles. The van der Waals surface area contributed by atoms with Gasteiger partial charge in [-0.05, 0) is 29.7 Å². The summed E-state index contributed by atoms with van der Waals surface area (Å²) < 4.78 is 5.34. The van der Waals surface area contributed by atoms with Gasteiger partial charge in [0.15, 0.2) is 0 Å². The summed E-state index contributed by atoms with van der Waals surface area (Å²) in [4.78, 5) is 19.3. The maximum atomic E-state index is 12.5. The van der Waals surface area contributed by atoms with E-state index >= 15 is 0 Å². The van der Waals surface area contributed by atoms with Crippen LogP contribution in [0.4, 0.5) is 11.5 Å². The number of hydrogen-bond donors (Lipinski definition) is 2. The molecule has 2 N–H and O–H groups in total. The van der Waals surface area contributed by atoms with E-state index in [0.29, 0.717) is 12.1 Å². The van der Waals surface area contributed by atoms with Crippen LogP contribution < -0.4 is 10.6 Å². The summed E-state index contributed by atoms with van der Waals surface area (Å²) in [6, 6.07) is 17.6. The molecule has 3 aromatic rings. The highest BCUT2D eigenvalue weighted by Crippen LogP contribution is 2.24. The van der Waals surface area contributed by atoms with E-state index < -0.39 is 0 Å². The summed E-state index contributed by atoms with van der Waals surface area (Å²) in [5, 5.41) is 8.51. The summed E-state index contributed by atoms with van der Waals surface area (Å²) in [6.07, 6.45) is 1.78. The molecule has 6 nitrogen and oxygen atoms in total. The van der Waals surface area contributed by atoms with Gasteiger partial charge in [-0.15, -0.1) is 0 Å². The van der Waals surface area contributed by atoms with E-state index in [2.05, 4.69) is 26.6 Å². The minimum Gasteiger partial charge on any atom is -0.379 e. The van der Waals surface area contributed by atoms with Crippen LogP contribution in [0.15, 0.2) is 60.8 Å². The van der Waals surface area contributed by atoms with Crippen molar-refractivity contribution in [3.05, 3.63) is 66.4 Å². The fourth-order valence-electron chi connectivity index (χ4n) is 3.35. The Morgan fingerprint density at radius 3 is 2.82 bits per heavy atom. The molecule has 1 amide bonds. The monoisotopic (exact) mass is 376 g/mol. The Labute approximate surface area is 164 Å². The van der Waals surface area contributed by atoms with Crippen LogP contribution in [0.3, 0.4) is 0 Å². The summed E-state index contributed by atoms with van der Waals surface area (Å²) in [6.45, 7) is 4.85. The molecule has 0 saturated carbocycles. The number of fused-ring (bicyclic) bond motifs is 1. The van der Waals surface area contributed by atoms with E-state index in [-0.39, 0.29) is 5.91 Å². The third kappa shape index (κ3) is 4.47. The Morgan fingerprint density at radius 1 is 1.07 bits per heavy atom. The van der Waals surface area contributed by atoms with Crippen molar-refractivity contribution in [2.24, 2.45) is 0 Å². The van der Waals surface area contributed by atoms with Crippen molar-refractivity contribution in [1.82, 2.24) is 15.2 Å². The van der Waals surface area contributed by atoms with E-state index in [1.165, 1.54) is 0 Å². The van der Waals surface area contributed by atoms with Gasteiger partial charge in [0.05, 0.1) is 13.2 Å². The zero-order chi connectivity index (χ0) is 19.2. The molecule has 4 rings (SSSR count). The zero-order valence-corrected chi connectivity index (χ0v) is 15.7. The lowest BCUT2D eigenvalue weighted by Crippen LogP contribution is -2.41. The van der Waals surface area contributed by atoms with Crippen molar-refractivity contribution < 1.29 is 9.53 Å². The first-order valence-electron chi connectivity index (χ1n) is 9.59. The van der Waals surface area contributed by atoms with E-state index in [1.54, 1.807) is 6.20 Å². The van der Waals surface area contributed by atoms with Gasteiger partial charge in [0.2, 0.25) is 0 Å². The number of anilines is 2. The molecule has 0 atom stereocenters. The molecule has 28 heavy (non-hydrogen) atoms. The standard InChI is InChI=1S/C22H24N4O2/c27-22(24-10-11-26-12-14-28-15-13-26)18-5-3-6-19(16-18)25-21-20-7-2-1-4-17(20)8-9-23-21/h1-9,16H,10-15H2,(H,23,25)(H,24,27). The quantitative estimate of drug-likeness (QED) is 0.692. The number of benzene rings is 2. The Hall–Kier alpha value is -2.96. The second-order valence-corrected chi connectivity index (χ2v) is 6.80. The number of pyridine rings is 1. The highest BCUT2D eigenvalue weighted by Gasteiger charge is 2.11. The molecule has 2 heterocycles. The number of aromatic nitrogens is 1. The van der Waals surface area contributed by atoms with Gasteiger partial charge >= 0.3 is 0 Å². The number of hydrogen-bond acceptors (Lipinski definition) is 5. The van der Waals surface area contributed by atoms with E-state index in [0.717, 1.165) is 55.1 Å². The van der Waals surface area contributed by atoms with E-state index in [9.17, 15) is 4.79 Å². The van der Waals surface area contributed by atoms with Gasteiger partial charge in [-0.2, -0.15) is 0 Å². The lowest BCUT2D eigenvalue weighted by atomic mass is 10.1. The Kier molecular flexibility index (Phi) is 5.80. The van der Waals surface area contributed by atoms with Crippen LogP contribution in [0.2, 0.25) is 0 Å². The number of carbonyl (C=O) groups excluding carboxylic acids is 1. The third-order valence-corrected chi connectivity index (χ3v) is 4.88. The maximum Gasteiger partial charge on any atom is 0.251 e. The summed E-state index contributed by atoms with van der Waals surface area (Å²) >= 11 is 0. The smallest absolute Gasteiger partial charge is 0.251 e. The summed E-state index contributed by atoms with van der Waals surface area (Å²) in [7, 11) is 0. The second-order valence-electron chi connectivity index (χ2n) is 6.80. The largest absolute Gasteiger partial charge is 0.379 e. The fourth-order valence-corrected chi connectivity index (χ4v) is 3.35. The molecular formula is C22H24N4O2. The topological polar surface area (TPSA) is 66.5 Å². The van der Waals surface area contributed by atoms with Crippen molar-refractivity contribution in [2.75, 3.05) is 44.7 Å². The van der Waals surface area contributed by atoms with Crippen molar-refractivity contribution in [1.29, 1.82) is 0 Å². The Bertz CT molecular complexity index is 949. The highest BCUT2D eigenvalue weighted by molar-refractivity contribution is 5.96. The van der Waals surface area contributed by atoms with Crippen LogP contribution in [0.5, 0.6) is 0 Å². The van der Waals surface area contributed by atoms with Gasteiger partial charge in [-0.1, -0.05) is 30.3 Å². The average molecular weight is 376 g/mol. The SMILES string of the molecule is O=C(NCCN1CCOCC1)c1cccc(Nc2nccc3ccccc23)c1. The number of nitrogens with zero attached hydrogens (tertiary/aromatic N) is 2. The van der Waals surface area contributed by atoms with Crippen molar-refractivity contribution in [2.45, 2.75) is 0 Å². The minimum atomic E-state index is -0.0669. The molecule has 0 bridgehead atoms. The van der Waals surface area contributed by atoms with Crippen molar-refractivity contribution >= 4 is 28.2 Å². The fraction of sp³-hybridized carbons (Fsp3) is 0.273. The van der Waals surface area contributed by atoms with Crippen LogP contribution in [0.1, 0.15) is 10.4 Å². The molecule has 1 aliphatic heterocycles. The molecule has 1 fully saturated rings. The molecule has 0 radical (unpaired) electrons. The van der Waals surface area contributed by atoms with Gasteiger partial charge in [-0.3, -0.25) is 9.69 Å². The van der Waals surface area contributed by atoms with Crippen molar-refractivity contribution in [3.8, 4) is 0 Å². The Morgan fingerprint density at radius 2 is 1.93 bits per heavy atom. The number of carbonyl (C=O) groups is 1. The first-order valence-corrected chi connectivity index (χ1v) is 9.59.